The standard InChI is InChI=1S/C21H22N6O3/c22-20(28)16-11-24-17-4-1-3-15(17)19(16)25-12-9-13-6-7-14(10-12)26(13)21-18(27(29)30)5-2-8-23-21/h1-3,5,8,11-14H,4,6-7,9-10H2,(H2,22,28)(H,24,25)/t12?,13-,14+. The zero-order chi connectivity index (χ0) is 20.8. The van der Waals surface area contributed by atoms with Gasteiger partial charge in [-0.3, -0.25) is 19.9 Å². The summed E-state index contributed by atoms with van der Waals surface area (Å²) in [6.45, 7) is 0. The Balaban J connectivity index is 1.42. The number of pyridine rings is 2. The Hall–Kier alpha value is -3.49. The van der Waals surface area contributed by atoms with Crippen molar-refractivity contribution in [3.05, 3.63) is 57.5 Å². The van der Waals surface area contributed by atoms with Crippen molar-refractivity contribution in [2.45, 2.75) is 50.2 Å². The molecule has 1 unspecified atom stereocenters. The number of hydrogen-bond donors (Lipinski definition) is 2. The molecule has 2 aromatic rings. The minimum absolute atomic E-state index is 0.0499. The molecule has 2 saturated heterocycles. The van der Waals surface area contributed by atoms with Crippen molar-refractivity contribution < 1.29 is 9.72 Å². The van der Waals surface area contributed by atoms with E-state index in [2.05, 4.69) is 20.2 Å². The minimum atomic E-state index is -0.502. The molecule has 0 aromatic carbocycles. The topological polar surface area (TPSA) is 127 Å². The van der Waals surface area contributed by atoms with Gasteiger partial charge in [0.1, 0.15) is 0 Å². The fourth-order valence-corrected chi connectivity index (χ4v) is 5.11. The van der Waals surface area contributed by atoms with E-state index in [9.17, 15) is 14.9 Å². The van der Waals surface area contributed by atoms with Gasteiger partial charge in [0.05, 0.1) is 21.9 Å². The molecule has 0 spiro atoms. The third-order valence-corrected chi connectivity index (χ3v) is 6.35. The van der Waals surface area contributed by atoms with Gasteiger partial charge in [-0.05, 0) is 31.7 Å². The highest BCUT2D eigenvalue weighted by atomic mass is 16.6. The number of primary amides is 1. The quantitative estimate of drug-likeness (QED) is 0.577. The normalized spacial score (nSPS) is 24.0. The van der Waals surface area contributed by atoms with Crippen LogP contribution < -0.4 is 16.0 Å². The summed E-state index contributed by atoms with van der Waals surface area (Å²) in [5, 5.41) is 15.1. The average molecular weight is 406 g/mol. The number of fused-ring (bicyclic) bond motifs is 3. The summed E-state index contributed by atoms with van der Waals surface area (Å²) >= 11 is 0. The van der Waals surface area contributed by atoms with Crippen LogP contribution in [-0.2, 0) is 6.42 Å². The lowest BCUT2D eigenvalue weighted by Crippen LogP contribution is -2.47. The van der Waals surface area contributed by atoms with E-state index >= 15 is 0 Å². The summed E-state index contributed by atoms with van der Waals surface area (Å²) in [7, 11) is 0. The van der Waals surface area contributed by atoms with Crippen LogP contribution in [0.4, 0.5) is 17.2 Å². The van der Waals surface area contributed by atoms with Gasteiger partial charge in [-0.15, -0.1) is 0 Å². The molecule has 3 aliphatic rings. The van der Waals surface area contributed by atoms with Gasteiger partial charge in [-0.25, -0.2) is 4.98 Å². The maximum atomic E-state index is 12.0. The highest BCUT2D eigenvalue weighted by molar-refractivity contribution is 6.00. The molecular weight excluding hydrogens is 384 g/mol. The molecule has 154 valence electrons. The SMILES string of the molecule is NC(=O)c1cnc2c(c1NC1C[C@H]3CC[C@@H](C1)N3c1ncccc1[N+](=O)[O-])C=CC2. The number of nitrogens with two attached hydrogens (primary N) is 1. The summed E-state index contributed by atoms with van der Waals surface area (Å²) in [4.78, 5) is 33.9. The molecule has 2 aromatic heterocycles. The van der Waals surface area contributed by atoms with E-state index in [1.165, 1.54) is 6.07 Å². The molecule has 2 fully saturated rings. The Bertz CT molecular complexity index is 1050. The molecule has 3 atom stereocenters. The number of nitro groups is 1. The Morgan fingerprint density at radius 1 is 1.27 bits per heavy atom. The molecule has 3 N–H and O–H groups in total. The summed E-state index contributed by atoms with van der Waals surface area (Å²) in [6.07, 6.45) is 11.5. The number of rotatable bonds is 5. The van der Waals surface area contributed by atoms with Crippen molar-refractivity contribution in [2.75, 3.05) is 10.2 Å². The molecule has 0 saturated carbocycles. The van der Waals surface area contributed by atoms with Crippen molar-refractivity contribution >= 4 is 29.2 Å². The smallest absolute Gasteiger partial charge is 0.311 e. The molecule has 2 bridgehead atoms. The van der Waals surface area contributed by atoms with Crippen LogP contribution in [0.25, 0.3) is 6.08 Å². The molecule has 30 heavy (non-hydrogen) atoms. The van der Waals surface area contributed by atoms with Crippen molar-refractivity contribution in [3.8, 4) is 0 Å². The Kier molecular flexibility index (Phi) is 4.38. The van der Waals surface area contributed by atoms with E-state index < -0.39 is 5.91 Å². The number of nitrogens with one attached hydrogen (secondary N) is 1. The highest BCUT2D eigenvalue weighted by Gasteiger charge is 2.44. The third kappa shape index (κ3) is 2.97. The fourth-order valence-electron chi connectivity index (χ4n) is 5.11. The van der Waals surface area contributed by atoms with E-state index in [0.29, 0.717) is 11.4 Å². The largest absolute Gasteiger partial charge is 0.381 e. The maximum Gasteiger partial charge on any atom is 0.311 e. The second-order valence-electron chi connectivity index (χ2n) is 8.09. The Morgan fingerprint density at radius 3 is 2.73 bits per heavy atom. The monoisotopic (exact) mass is 406 g/mol. The number of carbonyl (C=O) groups is 1. The molecule has 2 aliphatic heterocycles. The van der Waals surface area contributed by atoms with Crippen molar-refractivity contribution in [1.82, 2.24) is 9.97 Å². The predicted octanol–water partition coefficient (Wildman–Crippen LogP) is 2.66. The third-order valence-electron chi connectivity index (χ3n) is 6.35. The van der Waals surface area contributed by atoms with Crippen LogP contribution >= 0.6 is 0 Å². The Labute approximate surface area is 173 Å². The lowest BCUT2D eigenvalue weighted by molar-refractivity contribution is -0.384. The summed E-state index contributed by atoms with van der Waals surface area (Å²) < 4.78 is 0. The first kappa shape index (κ1) is 18.5. The number of allylic oxidation sites excluding steroid dienone is 1. The van der Waals surface area contributed by atoms with Gasteiger partial charge in [-0.2, -0.15) is 0 Å². The van der Waals surface area contributed by atoms with Gasteiger partial charge in [0.15, 0.2) is 0 Å². The molecule has 4 heterocycles. The van der Waals surface area contributed by atoms with Gasteiger partial charge in [0.2, 0.25) is 5.82 Å². The van der Waals surface area contributed by atoms with E-state index in [-0.39, 0.29) is 28.7 Å². The van der Waals surface area contributed by atoms with Crippen molar-refractivity contribution in [1.29, 1.82) is 0 Å². The Morgan fingerprint density at radius 2 is 2.03 bits per heavy atom. The van der Waals surface area contributed by atoms with Crippen molar-refractivity contribution in [2.24, 2.45) is 5.73 Å². The van der Waals surface area contributed by atoms with Crippen LogP contribution in [0.3, 0.4) is 0 Å². The first-order valence-electron chi connectivity index (χ1n) is 10.2. The molecule has 9 heteroatoms. The van der Waals surface area contributed by atoms with Gasteiger partial charge < -0.3 is 16.0 Å². The van der Waals surface area contributed by atoms with Crippen LogP contribution in [0.1, 0.15) is 47.3 Å². The van der Waals surface area contributed by atoms with Gasteiger partial charge in [0.25, 0.3) is 5.91 Å². The number of hydrogen-bond acceptors (Lipinski definition) is 7. The number of nitrogens with zero attached hydrogens (tertiary/aromatic N) is 4. The lowest BCUT2D eigenvalue weighted by atomic mass is 9.95. The van der Waals surface area contributed by atoms with E-state index in [1.54, 1.807) is 18.5 Å². The minimum Gasteiger partial charge on any atom is -0.381 e. The van der Waals surface area contributed by atoms with E-state index in [4.69, 9.17) is 5.73 Å². The van der Waals surface area contributed by atoms with Crippen LogP contribution in [0.15, 0.2) is 30.6 Å². The molecule has 0 radical (unpaired) electrons. The van der Waals surface area contributed by atoms with Crippen LogP contribution in [0.5, 0.6) is 0 Å². The molecule has 5 rings (SSSR count). The van der Waals surface area contributed by atoms with Gasteiger partial charge in [0, 0.05) is 48.6 Å². The summed E-state index contributed by atoms with van der Waals surface area (Å²) in [5.74, 6) is -0.0448. The van der Waals surface area contributed by atoms with Crippen molar-refractivity contribution in [3.63, 3.8) is 0 Å². The van der Waals surface area contributed by atoms with E-state index in [1.807, 2.05) is 12.2 Å². The summed E-state index contributed by atoms with van der Waals surface area (Å²) in [5.41, 5.74) is 8.67. The molecule has 1 amide bonds. The number of anilines is 2. The average Bonchev–Trinajstić information content (AvgIpc) is 3.30. The lowest BCUT2D eigenvalue weighted by Gasteiger charge is -2.40. The number of carbonyl (C=O) groups excluding carboxylic acids is 1. The number of amides is 1. The first-order valence-corrected chi connectivity index (χ1v) is 10.2. The highest BCUT2D eigenvalue weighted by Crippen LogP contribution is 2.43. The zero-order valence-corrected chi connectivity index (χ0v) is 16.3. The van der Waals surface area contributed by atoms with E-state index in [0.717, 1.165) is 49.0 Å². The molecule has 9 nitrogen and oxygen atoms in total. The van der Waals surface area contributed by atoms with Gasteiger partial charge in [-0.1, -0.05) is 12.2 Å². The number of aromatic nitrogens is 2. The molecule has 1 aliphatic carbocycles. The first-order chi connectivity index (χ1) is 14.5. The number of piperidine rings is 1. The van der Waals surface area contributed by atoms with Crippen LogP contribution in [0, 0.1) is 10.1 Å². The van der Waals surface area contributed by atoms with Crippen LogP contribution in [-0.4, -0.2) is 38.9 Å². The predicted molar refractivity (Wildman–Crippen MR) is 112 cm³/mol. The second kappa shape index (κ2) is 7.08. The summed E-state index contributed by atoms with van der Waals surface area (Å²) in [6, 6.07) is 3.58. The van der Waals surface area contributed by atoms with Gasteiger partial charge >= 0.3 is 5.69 Å². The molecular formula is C21H22N6O3. The fraction of sp³-hybridized carbons (Fsp3) is 0.381. The van der Waals surface area contributed by atoms with Crippen LogP contribution in [0.2, 0.25) is 0 Å². The second-order valence-corrected chi connectivity index (χ2v) is 8.09. The maximum absolute atomic E-state index is 12.0. The zero-order valence-electron chi connectivity index (χ0n) is 16.3.